The minimum atomic E-state index is -0.421. The number of hydrogen-bond acceptors (Lipinski definition) is 4. The summed E-state index contributed by atoms with van der Waals surface area (Å²) in [6.45, 7) is 7.06. The summed E-state index contributed by atoms with van der Waals surface area (Å²) in [5, 5.41) is 19.8. The topological polar surface area (TPSA) is 69.8 Å². The minimum Gasteiger partial charge on any atom is -0.390 e. The van der Waals surface area contributed by atoms with E-state index in [0.29, 0.717) is 17.0 Å². The molecule has 4 heteroatoms. The van der Waals surface area contributed by atoms with E-state index in [4.69, 9.17) is 5.26 Å². The lowest BCUT2D eigenvalue weighted by atomic mass is 9.48. The van der Waals surface area contributed by atoms with Crippen LogP contribution in [0.25, 0.3) is 0 Å². The summed E-state index contributed by atoms with van der Waals surface area (Å²) in [5.41, 5.74) is 0.507. The molecule has 0 amide bonds. The zero-order valence-electron chi connectivity index (χ0n) is 19.6. The summed E-state index contributed by atoms with van der Waals surface area (Å²) in [6.07, 6.45) is 14.1. The Morgan fingerprint density at radius 2 is 1.90 bits per heavy atom. The molecule has 1 unspecified atom stereocenters. The van der Waals surface area contributed by atoms with Crippen molar-refractivity contribution >= 4 is 0 Å². The van der Waals surface area contributed by atoms with Crippen LogP contribution in [0.5, 0.6) is 0 Å². The molecule has 168 valence electrons. The Kier molecular flexibility index (Phi) is 5.40. The van der Waals surface area contributed by atoms with Crippen molar-refractivity contribution in [1.29, 1.82) is 5.26 Å². The van der Waals surface area contributed by atoms with Gasteiger partial charge in [-0.25, -0.2) is 9.97 Å². The maximum atomic E-state index is 10.6. The van der Waals surface area contributed by atoms with Gasteiger partial charge in [0.2, 0.25) is 0 Å². The summed E-state index contributed by atoms with van der Waals surface area (Å²) in [5.74, 6) is 6.42. The fourth-order valence-electron chi connectivity index (χ4n) is 9.05. The second-order valence-electron chi connectivity index (χ2n) is 12.1. The molecule has 9 atom stereocenters. The maximum Gasteiger partial charge on any atom is 0.144 e. The highest BCUT2D eigenvalue weighted by atomic mass is 16.3. The highest BCUT2D eigenvalue weighted by Crippen LogP contribution is 2.65. The number of fused-ring (bicyclic) bond motifs is 5. The lowest BCUT2D eigenvalue weighted by Gasteiger charge is -2.57. The average Bonchev–Trinajstić information content (AvgIpc) is 3.10. The summed E-state index contributed by atoms with van der Waals surface area (Å²) in [4.78, 5) is 8.92. The molecule has 0 aromatic carbocycles. The first-order valence-electron chi connectivity index (χ1n) is 12.7. The van der Waals surface area contributed by atoms with E-state index in [-0.39, 0.29) is 0 Å². The highest BCUT2D eigenvalue weighted by Gasteiger charge is 2.58. The summed E-state index contributed by atoms with van der Waals surface area (Å²) in [6, 6.07) is 3.85. The second kappa shape index (κ2) is 7.84. The van der Waals surface area contributed by atoms with E-state index < -0.39 is 5.60 Å². The van der Waals surface area contributed by atoms with Crippen molar-refractivity contribution in [1.82, 2.24) is 9.97 Å². The molecule has 0 saturated heterocycles. The standard InChI is InChI=1S/C27H39N3O/c1-17(14-25-29-13-10-19(16-28)30-25)23-6-7-24-22-5-4-18-15-26(2,31)11-8-20(18)21(22)9-12-27(23,24)3/h10,13,17-18,20-24,31H,4-9,11-12,14-15H2,1-3H3/t17-,18+,20-,21+,22+,23?,24-,26+,27+/m0/s1. The van der Waals surface area contributed by atoms with E-state index in [9.17, 15) is 5.11 Å². The van der Waals surface area contributed by atoms with Gasteiger partial charge >= 0.3 is 0 Å². The van der Waals surface area contributed by atoms with Gasteiger partial charge in [-0.15, -0.1) is 0 Å². The van der Waals surface area contributed by atoms with Gasteiger partial charge < -0.3 is 5.11 Å². The maximum absolute atomic E-state index is 10.6. The van der Waals surface area contributed by atoms with Gasteiger partial charge in [0, 0.05) is 12.6 Å². The molecule has 0 aliphatic heterocycles. The lowest BCUT2D eigenvalue weighted by Crippen LogP contribution is -2.50. The van der Waals surface area contributed by atoms with E-state index >= 15 is 0 Å². The van der Waals surface area contributed by atoms with Crippen LogP contribution in [0.3, 0.4) is 0 Å². The normalized spacial score (nSPS) is 45.1. The lowest BCUT2D eigenvalue weighted by molar-refractivity contribution is -0.102. The van der Waals surface area contributed by atoms with E-state index in [1.807, 2.05) is 0 Å². The third-order valence-corrected chi connectivity index (χ3v) is 10.3. The van der Waals surface area contributed by atoms with Crippen LogP contribution in [0.15, 0.2) is 12.3 Å². The predicted molar refractivity (Wildman–Crippen MR) is 121 cm³/mol. The molecule has 4 aliphatic carbocycles. The fraction of sp³-hybridized carbons (Fsp3) is 0.815. The van der Waals surface area contributed by atoms with Crippen LogP contribution in [0.4, 0.5) is 0 Å². The van der Waals surface area contributed by atoms with E-state index in [2.05, 4.69) is 36.8 Å². The third-order valence-electron chi connectivity index (χ3n) is 10.3. The van der Waals surface area contributed by atoms with Crippen molar-refractivity contribution in [3.05, 3.63) is 23.8 Å². The molecule has 4 fully saturated rings. The van der Waals surface area contributed by atoms with Gasteiger partial charge in [0.15, 0.2) is 0 Å². The van der Waals surface area contributed by atoms with Gasteiger partial charge in [-0.2, -0.15) is 5.26 Å². The zero-order chi connectivity index (χ0) is 21.8. The van der Waals surface area contributed by atoms with Gasteiger partial charge in [0.25, 0.3) is 0 Å². The van der Waals surface area contributed by atoms with Gasteiger partial charge in [-0.3, -0.25) is 0 Å². The molecular formula is C27H39N3O. The monoisotopic (exact) mass is 421 g/mol. The molecule has 1 aromatic heterocycles. The Hall–Kier alpha value is -1.47. The van der Waals surface area contributed by atoms with Crippen LogP contribution in [0.2, 0.25) is 0 Å². The van der Waals surface area contributed by atoms with Crippen molar-refractivity contribution in [3.63, 3.8) is 0 Å². The molecular weight excluding hydrogens is 382 g/mol. The van der Waals surface area contributed by atoms with Crippen LogP contribution in [-0.2, 0) is 6.42 Å². The number of nitriles is 1. The van der Waals surface area contributed by atoms with Gasteiger partial charge in [0.05, 0.1) is 5.60 Å². The number of rotatable bonds is 3. The first kappa shape index (κ1) is 21.4. The predicted octanol–water partition coefficient (Wildman–Crippen LogP) is 5.55. The quantitative estimate of drug-likeness (QED) is 0.695. The van der Waals surface area contributed by atoms with Crippen molar-refractivity contribution in [3.8, 4) is 6.07 Å². The summed E-state index contributed by atoms with van der Waals surface area (Å²) >= 11 is 0. The Labute approximate surface area is 187 Å². The minimum absolute atomic E-state index is 0.421. The highest BCUT2D eigenvalue weighted by molar-refractivity contribution is 5.18. The molecule has 31 heavy (non-hydrogen) atoms. The second-order valence-corrected chi connectivity index (χ2v) is 12.1. The van der Waals surface area contributed by atoms with Crippen LogP contribution in [0, 0.1) is 58.2 Å². The van der Waals surface area contributed by atoms with Crippen molar-refractivity contribution < 1.29 is 5.11 Å². The number of aromatic nitrogens is 2. The van der Waals surface area contributed by atoms with Crippen molar-refractivity contribution in [2.24, 2.45) is 46.8 Å². The zero-order valence-corrected chi connectivity index (χ0v) is 19.6. The van der Waals surface area contributed by atoms with Gasteiger partial charge in [-0.05, 0) is 118 Å². The molecule has 1 N–H and O–H groups in total. The van der Waals surface area contributed by atoms with Crippen LogP contribution >= 0.6 is 0 Å². The fourth-order valence-corrected chi connectivity index (χ4v) is 9.05. The largest absolute Gasteiger partial charge is 0.390 e. The molecule has 4 saturated carbocycles. The Bertz CT molecular complexity index is 860. The van der Waals surface area contributed by atoms with Crippen LogP contribution in [-0.4, -0.2) is 20.7 Å². The first-order chi connectivity index (χ1) is 14.8. The molecule has 4 nitrogen and oxygen atoms in total. The van der Waals surface area contributed by atoms with Gasteiger partial charge in [0.1, 0.15) is 17.6 Å². The SMILES string of the molecule is C[C@@H](Cc1nccc(C#N)n1)C1CC[C@H]2[C@@H]3CC[C@@H]4C[C@](C)(O)CC[C@@H]4[C@H]3CC[C@]12C. The molecule has 0 bridgehead atoms. The van der Waals surface area contributed by atoms with Crippen LogP contribution < -0.4 is 0 Å². The smallest absolute Gasteiger partial charge is 0.144 e. The van der Waals surface area contributed by atoms with Crippen molar-refractivity contribution in [2.75, 3.05) is 0 Å². The molecule has 4 aliphatic rings. The number of hydrogen-bond donors (Lipinski definition) is 1. The molecule has 0 spiro atoms. The van der Waals surface area contributed by atoms with E-state index in [1.165, 1.54) is 44.9 Å². The molecule has 5 rings (SSSR count). The van der Waals surface area contributed by atoms with Gasteiger partial charge in [-0.1, -0.05) is 13.8 Å². The Morgan fingerprint density at radius 1 is 1.10 bits per heavy atom. The molecule has 0 radical (unpaired) electrons. The number of nitrogens with zero attached hydrogens (tertiary/aromatic N) is 3. The first-order valence-corrected chi connectivity index (χ1v) is 12.7. The average molecular weight is 422 g/mol. The Morgan fingerprint density at radius 3 is 2.71 bits per heavy atom. The summed E-state index contributed by atoms with van der Waals surface area (Å²) < 4.78 is 0. The number of aliphatic hydroxyl groups is 1. The Balaban J connectivity index is 1.30. The van der Waals surface area contributed by atoms with Crippen LogP contribution in [0.1, 0.15) is 90.1 Å². The third kappa shape index (κ3) is 3.71. The summed E-state index contributed by atoms with van der Waals surface area (Å²) in [7, 11) is 0. The van der Waals surface area contributed by atoms with E-state index in [1.54, 1.807) is 12.3 Å². The molecule has 1 heterocycles. The molecule has 1 aromatic rings. The van der Waals surface area contributed by atoms with E-state index in [0.717, 1.165) is 60.6 Å². The van der Waals surface area contributed by atoms with Crippen molar-refractivity contribution in [2.45, 2.75) is 90.6 Å².